The van der Waals surface area contributed by atoms with E-state index in [0.717, 1.165) is 6.26 Å². The summed E-state index contributed by atoms with van der Waals surface area (Å²) in [4.78, 5) is 7.54. The molecule has 0 radical (unpaired) electrons. The molecule has 1 aromatic heterocycles. The fourth-order valence-electron chi connectivity index (χ4n) is 0.904. The number of hydrogen-bond acceptors (Lipinski definition) is 5. The minimum absolute atomic E-state index is 0.0949. The van der Waals surface area contributed by atoms with Gasteiger partial charge in [-0.2, -0.15) is 0 Å². The molecule has 13 heavy (non-hydrogen) atoms. The summed E-state index contributed by atoms with van der Waals surface area (Å²) in [5, 5.41) is 8.73. The highest BCUT2D eigenvalue weighted by atomic mass is 32.2. The van der Waals surface area contributed by atoms with Crippen molar-refractivity contribution in [2.75, 3.05) is 6.26 Å². The molecule has 1 N–H and O–H groups in total. The number of aliphatic hydroxyl groups excluding tert-OH is 1. The zero-order valence-electron chi connectivity index (χ0n) is 7.35. The number of aliphatic hydroxyl groups is 1. The first-order valence-electron chi connectivity index (χ1n) is 3.58. The number of rotatable bonds is 2. The second kappa shape index (κ2) is 3.39. The summed E-state index contributed by atoms with van der Waals surface area (Å²) in [6.07, 6.45) is 2.37. The summed E-state index contributed by atoms with van der Waals surface area (Å²) in [5.41, 5.74) is 0.230. The van der Waals surface area contributed by atoms with Crippen molar-refractivity contribution in [2.24, 2.45) is 0 Å². The second-order valence-corrected chi connectivity index (χ2v) is 4.61. The van der Waals surface area contributed by atoms with Crippen molar-refractivity contribution in [3.05, 3.63) is 17.6 Å². The Hall–Kier alpha value is -1.01. The molecule has 0 amide bonds. The Morgan fingerprint density at radius 2 is 2.15 bits per heavy atom. The highest BCUT2D eigenvalue weighted by Gasteiger charge is 2.14. The predicted octanol–water partition coefficient (Wildman–Crippen LogP) is -0.319. The predicted molar refractivity (Wildman–Crippen MR) is 45.8 cm³/mol. The van der Waals surface area contributed by atoms with Gasteiger partial charge in [-0.15, -0.1) is 0 Å². The van der Waals surface area contributed by atoms with Gasteiger partial charge in [-0.05, 0) is 6.92 Å². The molecule has 0 bridgehead atoms. The van der Waals surface area contributed by atoms with Crippen LogP contribution in [0.25, 0.3) is 0 Å². The molecule has 0 atom stereocenters. The number of hydrogen-bond donors (Lipinski definition) is 1. The maximum atomic E-state index is 11.2. The topological polar surface area (TPSA) is 80.2 Å². The monoisotopic (exact) mass is 202 g/mol. The van der Waals surface area contributed by atoms with Crippen LogP contribution < -0.4 is 0 Å². The van der Waals surface area contributed by atoms with Gasteiger partial charge in [0.25, 0.3) is 0 Å². The van der Waals surface area contributed by atoms with Crippen molar-refractivity contribution in [1.82, 2.24) is 9.97 Å². The van der Waals surface area contributed by atoms with E-state index in [2.05, 4.69) is 9.97 Å². The lowest BCUT2D eigenvalue weighted by Crippen LogP contribution is -2.07. The molecule has 0 aromatic carbocycles. The molecule has 0 spiro atoms. The first-order valence-corrected chi connectivity index (χ1v) is 5.47. The van der Waals surface area contributed by atoms with Crippen LogP contribution in [0.4, 0.5) is 0 Å². The summed E-state index contributed by atoms with van der Waals surface area (Å²) in [5.74, 6) is 0.373. The van der Waals surface area contributed by atoms with Crippen LogP contribution in [0.3, 0.4) is 0 Å². The smallest absolute Gasteiger partial charge is 0.193 e. The van der Waals surface area contributed by atoms with Gasteiger partial charge >= 0.3 is 0 Å². The minimum Gasteiger partial charge on any atom is -0.392 e. The van der Waals surface area contributed by atoms with E-state index < -0.39 is 9.84 Å². The molecule has 6 heteroatoms. The first kappa shape index (κ1) is 10.1. The number of aromatic nitrogens is 2. The van der Waals surface area contributed by atoms with Gasteiger partial charge in [-0.25, -0.2) is 18.4 Å². The van der Waals surface area contributed by atoms with E-state index in [1.807, 2.05) is 0 Å². The molecule has 0 saturated heterocycles. The zero-order chi connectivity index (χ0) is 10.1. The average Bonchev–Trinajstić information content (AvgIpc) is 2.03. The van der Waals surface area contributed by atoms with Crippen LogP contribution in [0.5, 0.6) is 0 Å². The SMILES string of the molecule is Cc1ncc(CO)c(S(C)(=O)=O)n1. The third kappa shape index (κ3) is 2.22. The Bertz CT molecular complexity index is 414. The fourth-order valence-corrected chi connectivity index (χ4v) is 1.80. The zero-order valence-corrected chi connectivity index (χ0v) is 8.17. The van der Waals surface area contributed by atoms with Crippen molar-refractivity contribution in [3.8, 4) is 0 Å². The van der Waals surface area contributed by atoms with Crippen LogP contribution in [0, 0.1) is 6.92 Å². The van der Waals surface area contributed by atoms with Crippen LogP contribution in [-0.2, 0) is 16.4 Å². The van der Waals surface area contributed by atoms with Gasteiger partial charge in [0.05, 0.1) is 6.61 Å². The first-order chi connectivity index (χ1) is 5.95. The molecular formula is C7H10N2O3S. The van der Waals surface area contributed by atoms with E-state index >= 15 is 0 Å². The maximum Gasteiger partial charge on any atom is 0.193 e. The van der Waals surface area contributed by atoms with Crippen LogP contribution in [0.15, 0.2) is 11.2 Å². The van der Waals surface area contributed by atoms with E-state index in [1.165, 1.54) is 6.20 Å². The van der Waals surface area contributed by atoms with Crippen molar-refractivity contribution < 1.29 is 13.5 Å². The van der Waals surface area contributed by atoms with Crippen LogP contribution in [0.1, 0.15) is 11.4 Å². The van der Waals surface area contributed by atoms with E-state index in [1.54, 1.807) is 6.92 Å². The largest absolute Gasteiger partial charge is 0.392 e. The molecule has 1 aromatic rings. The van der Waals surface area contributed by atoms with Crippen molar-refractivity contribution >= 4 is 9.84 Å². The Labute approximate surface area is 76.4 Å². The lowest BCUT2D eigenvalue weighted by molar-refractivity contribution is 0.276. The van der Waals surface area contributed by atoms with Gasteiger partial charge in [-0.1, -0.05) is 0 Å². The molecule has 72 valence electrons. The molecule has 0 saturated carbocycles. The van der Waals surface area contributed by atoms with Crippen molar-refractivity contribution in [3.63, 3.8) is 0 Å². The van der Waals surface area contributed by atoms with Crippen LogP contribution >= 0.6 is 0 Å². The number of nitrogens with zero attached hydrogens (tertiary/aromatic N) is 2. The molecule has 0 aliphatic rings. The van der Waals surface area contributed by atoms with Crippen molar-refractivity contribution in [1.29, 1.82) is 0 Å². The van der Waals surface area contributed by atoms with Gasteiger partial charge in [0.1, 0.15) is 5.82 Å². The van der Waals surface area contributed by atoms with Gasteiger partial charge < -0.3 is 5.11 Å². The van der Waals surface area contributed by atoms with E-state index in [0.29, 0.717) is 5.82 Å². The molecule has 0 aliphatic carbocycles. The molecule has 0 aliphatic heterocycles. The standard InChI is InChI=1S/C7H10N2O3S/c1-5-8-3-6(4-10)7(9-5)13(2,11)12/h3,10H,4H2,1-2H3. The van der Waals surface area contributed by atoms with E-state index in [9.17, 15) is 8.42 Å². The normalized spacial score (nSPS) is 11.6. The molecule has 1 heterocycles. The Balaban J connectivity index is 3.41. The summed E-state index contributed by atoms with van der Waals surface area (Å²) in [7, 11) is -3.38. The summed E-state index contributed by atoms with van der Waals surface area (Å²) < 4.78 is 22.3. The third-order valence-electron chi connectivity index (χ3n) is 1.47. The van der Waals surface area contributed by atoms with Gasteiger partial charge in [0.15, 0.2) is 14.9 Å². The van der Waals surface area contributed by atoms with Gasteiger partial charge in [-0.3, -0.25) is 0 Å². The molecule has 0 unspecified atom stereocenters. The number of sulfone groups is 1. The minimum atomic E-state index is -3.38. The maximum absolute atomic E-state index is 11.2. The molecule has 1 rings (SSSR count). The molecule has 5 nitrogen and oxygen atoms in total. The Morgan fingerprint density at radius 1 is 1.54 bits per heavy atom. The van der Waals surface area contributed by atoms with E-state index in [-0.39, 0.29) is 17.2 Å². The van der Waals surface area contributed by atoms with E-state index in [4.69, 9.17) is 5.11 Å². The van der Waals surface area contributed by atoms with Gasteiger partial charge in [0.2, 0.25) is 0 Å². The van der Waals surface area contributed by atoms with Crippen LogP contribution in [-0.4, -0.2) is 29.7 Å². The summed E-state index contributed by atoms with van der Waals surface area (Å²) in [6, 6.07) is 0. The highest BCUT2D eigenvalue weighted by molar-refractivity contribution is 7.90. The lowest BCUT2D eigenvalue weighted by Gasteiger charge is -2.03. The fraction of sp³-hybridized carbons (Fsp3) is 0.429. The molecule has 0 fully saturated rings. The summed E-state index contributed by atoms with van der Waals surface area (Å²) >= 11 is 0. The van der Waals surface area contributed by atoms with Crippen molar-refractivity contribution in [2.45, 2.75) is 18.6 Å². The lowest BCUT2D eigenvalue weighted by atomic mass is 10.4. The highest BCUT2D eigenvalue weighted by Crippen LogP contribution is 2.11. The Morgan fingerprint density at radius 3 is 2.62 bits per heavy atom. The van der Waals surface area contributed by atoms with Gasteiger partial charge in [0, 0.05) is 18.0 Å². The third-order valence-corrected chi connectivity index (χ3v) is 2.52. The average molecular weight is 202 g/mol. The quantitative estimate of drug-likeness (QED) is 0.665. The number of aryl methyl sites for hydroxylation is 1. The summed E-state index contributed by atoms with van der Waals surface area (Å²) in [6.45, 7) is 1.22. The molecular weight excluding hydrogens is 192 g/mol. The Kier molecular flexibility index (Phi) is 2.63. The second-order valence-electron chi connectivity index (χ2n) is 2.68. The van der Waals surface area contributed by atoms with Crippen LogP contribution in [0.2, 0.25) is 0 Å².